The average Bonchev–Trinajstić information content (AvgIpc) is 3.29. The Labute approximate surface area is 183 Å². The summed E-state index contributed by atoms with van der Waals surface area (Å²) in [5, 5.41) is 8.99. The molecule has 2 saturated heterocycles. The molecule has 1 amide bonds. The van der Waals surface area contributed by atoms with Gasteiger partial charge in [0, 0.05) is 57.1 Å². The molecule has 0 spiro atoms. The molecule has 0 saturated carbocycles. The number of amides is 1. The van der Waals surface area contributed by atoms with Crippen LogP contribution in [-0.4, -0.2) is 91.5 Å². The van der Waals surface area contributed by atoms with Crippen LogP contribution in [-0.2, 0) is 11.3 Å². The maximum atomic E-state index is 12.7. The van der Waals surface area contributed by atoms with Crippen molar-refractivity contribution in [2.45, 2.75) is 52.7 Å². The lowest BCUT2D eigenvalue weighted by atomic mass is 10.2. The summed E-state index contributed by atoms with van der Waals surface area (Å²) in [6.45, 7) is 13.8. The SMILES string of the molecule is Cc1cc(C)n(-c2ccc(=O)n(CCN3CCN(C4CCN(C(C)C)C4=O)CC3)n2)n1. The molecular formula is C22H33N7O2. The van der Waals surface area contributed by atoms with E-state index in [9.17, 15) is 9.59 Å². The summed E-state index contributed by atoms with van der Waals surface area (Å²) >= 11 is 0. The number of hydrogen-bond donors (Lipinski definition) is 0. The van der Waals surface area contributed by atoms with E-state index < -0.39 is 0 Å². The van der Waals surface area contributed by atoms with E-state index >= 15 is 0 Å². The summed E-state index contributed by atoms with van der Waals surface area (Å²) in [4.78, 5) is 31.6. The van der Waals surface area contributed by atoms with Crippen LogP contribution in [0.3, 0.4) is 0 Å². The minimum absolute atomic E-state index is 0.0336. The Bertz CT molecular complexity index is 988. The smallest absolute Gasteiger partial charge is 0.266 e. The van der Waals surface area contributed by atoms with Gasteiger partial charge in [-0.15, -0.1) is 5.10 Å². The van der Waals surface area contributed by atoms with Crippen LogP contribution >= 0.6 is 0 Å². The molecule has 0 N–H and O–H groups in total. The fourth-order valence-corrected chi connectivity index (χ4v) is 4.64. The van der Waals surface area contributed by atoms with Crippen LogP contribution in [0.25, 0.3) is 5.82 Å². The van der Waals surface area contributed by atoms with Gasteiger partial charge in [-0.25, -0.2) is 9.36 Å². The molecule has 9 nitrogen and oxygen atoms in total. The fraction of sp³-hybridized carbons (Fsp3) is 0.636. The molecule has 4 heterocycles. The van der Waals surface area contributed by atoms with Gasteiger partial charge in [-0.1, -0.05) is 0 Å². The van der Waals surface area contributed by atoms with E-state index in [-0.39, 0.29) is 23.6 Å². The van der Waals surface area contributed by atoms with Gasteiger partial charge in [0.25, 0.3) is 5.56 Å². The van der Waals surface area contributed by atoms with E-state index in [1.54, 1.807) is 16.8 Å². The van der Waals surface area contributed by atoms with Crippen molar-refractivity contribution in [2.75, 3.05) is 39.3 Å². The summed E-state index contributed by atoms with van der Waals surface area (Å²) in [5.41, 5.74) is 1.81. The number of carbonyl (C=O) groups excluding carboxylic acids is 1. The zero-order valence-corrected chi connectivity index (χ0v) is 19.0. The quantitative estimate of drug-likeness (QED) is 0.674. The van der Waals surface area contributed by atoms with Crippen LogP contribution in [0, 0.1) is 13.8 Å². The largest absolute Gasteiger partial charge is 0.339 e. The van der Waals surface area contributed by atoms with Gasteiger partial charge < -0.3 is 4.90 Å². The zero-order chi connectivity index (χ0) is 22.1. The van der Waals surface area contributed by atoms with Gasteiger partial charge in [-0.05, 0) is 46.2 Å². The second-order valence-corrected chi connectivity index (χ2v) is 8.90. The monoisotopic (exact) mass is 427 g/mol. The highest BCUT2D eigenvalue weighted by Crippen LogP contribution is 2.20. The number of aryl methyl sites for hydroxylation is 2. The van der Waals surface area contributed by atoms with Crippen molar-refractivity contribution in [3.05, 3.63) is 39.9 Å². The van der Waals surface area contributed by atoms with Crippen LogP contribution in [0.1, 0.15) is 31.7 Å². The molecule has 0 radical (unpaired) electrons. The van der Waals surface area contributed by atoms with Crippen LogP contribution in [0.2, 0.25) is 0 Å². The molecule has 9 heteroatoms. The summed E-state index contributed by atoms with van der Waals surface area (Å²) in [5.74, 6) is 0.935. The summed E-state index contributed by atoms with van der Waals surface area (Å²) in [7, 11) is 0. The van der Waals surface area contributed by atoms with Crippen molar-refractivity contribution in [2.24, 2.45) is 0 Å². The van der Waals surface area contributed by atoms with Crippen molar-refractivity contribution in [3.63, 3.8) is 0 Å². The lowest BCUT2D eigenvalue weighted by molar-refractivity contribution is -0.134. The minimum Gasteiger partial charge on any atom is -0.339 e. The van der Waals surface area contributed by atoms with E-state index in [4.69, 9.17) is 0 Å². The molecule has 4 rings (SSSR count). The number of carbonyl (C=O) groups is 1. The average molecular weight is 428 g/mol. The van der Waals surface area contributed by atoms with E-state index in [2.05, 4.69) is 33.8 Å². The van der Waals surface area contributed by atoms with Crippen molar-refractivity contribution in [3.8, 4) is 5.82 Å². The van der Waals surface area contributed by atoms with Gasteiger partial charge in [0.15, 0.2) is 5.82 Å². The van der Waals surface area contributed by atoms with Gasteiger partial charge in [0.2, 0.25) is 5.91 Å². The van der Waals surface area contributed by atoms with Crippen molar-refractivity contribution >= 4 is 5.91 Å². The number of likely N-dealkylation sites (tertiary alicyclic amines) is 1. The Balaban J connectivity index is 1.33. The van der Waals surface area contributed by atoms with Crippen molar-refractivity contribution < 1.29 is 4.79 Å². The Kier molecular flexibility index (Phi) is 6.24. The third-order valence-electron chi connectivity index (χ3n) is 6.39. The van der Waals surface area contributed by atoms with Crippen LogP contribution < -0.4 is 5.56 Å². The standard InChI is InChI=1S/C22H33N7O2/c1-16(2)27-8-7-19(22(27)31)26-12-9-25(10-13-26)11-14-28-21(30)6-5-20(24-28)29-18(4)15-17(3)23-29/h5-6,15-16,19H,7-14H2,1-4H3. The van der Waals surface area contributed by atoms with Gasteiger partial charge in [-0.2, -0.15) is 5.10 Å². The first-order valence-electron chi connectivity index (χ1n) is 11.2. The molecule has 0 aliphatic carbocycles. The Hall–Kier alpha value is -2.52. The molecule has 1 atom stereocenters. The van der Waals surface area contributed by atoms with Gasteiger partial charge in [-0.3, -0.25) is 19.4 Å². The van der Waals surface area contributed by atoms with Gasteiger partial charge in [0.1, 0.15) is 0 Å². The van der Waals surface area contributed by atoms with E-state index in [1.807, 2.05) is 24.8 Å². The van der Waals surface area contributed by atoms with E-state index in [0.29, 0.717) is 12.4 Å². The van der Waals surface area contributed by atoms with E-state index in [0.717, 1.165) is 57.1 Å². The predicted molar refractivity (Wildman–Crippen MR) is 118 cm³/mol. The first kappa shape index (κ1) is 21.7. The highest BCUT2D eigenvalue weighted by Gasteiger charge is 2.37. The summed E-state index contributed by atoms with van der Waals surface area (Å²) < 4.78 is 3.29. The second-order valence-electron chi connectivity index (χ2n) is 8.90. The van der Waals surface area contributed by atoms with Gasteiger partial charge >= 0.3 is 0 Å². The fourth-order valence-electron chi connectivity index (χ4n) is 4.64. The van der Waals surface area contributed by atoms with E-state index in [1.165, 1.54) is 4.68 Å². The third-order valence-corrected chi connectivity index (χ3v) is 6.39. The maximum Gasteiger partial charge on any atom is 0.266 e. The molecule has 31 heavy (non-hydrogen) atoms. The van der Waals surface area contributed by atoms with Gasteiger partial charge in [0.05, 0.1) is 18.3 Å². The molecular weight excluding hydrogens is 394 g/mol. The Morgan fingerprint density at radius 2 is 1.74 bits per heavy atom. The molecule has 168 valence electrons. The molecule has 2 aromatic heterocycles. The first-order chi connectivity index (χ1) is 14.8. The second kappa shape index (κ2) is 8.92. The van der Waals surface area contributed by atoms with Crippen molar-refractivity contribution in [1.29, 1.82) is 0 Å². The first-order valence-corrected chi connectivity index (χ1v) is 11.2. The highest BCUT2D eigenvalue weighted by atomic mass is 16.2. The molecule has 0 aromatic carbocycles. The minimum atomic E-state index is -0.103. The number of rotatable bonds is 6. The summed E-state index contributed by atoms with van der Waals surface area (Å²) in [6, 6.07) is 5.58. The molecule has 0 bridgehead atoms. The summed E-state index contributed by atoms with van der Waals surface area (Å²) in [6.07, 6.45) is 0.926. The lowest BCUT2D eigenvalue weighted by Crippen LogP contribution is -2.53. The Morgan fingerprint density at radius 3 is 2.35 bits per heavy atom. The molecule has 2 aliphatic rings. The molecule has 2 aliphatic heterocycles. The topological polar surface area (TPSA) is 79.5 Å². The lowest BCUT2D eigenvalue weighted by Gasteiger charge is -2.37. The normalized spacial score (nSPS) is 20.9. The van der Waals surface area contributed by atoms with Crippen LogP contribution in [0.15, 0.2) is 23.0 Å². The highest BCUT2D eigenvalue weighted by molar-refractivity contribution is 5.84. The van der Waals surface area contributed by atoms with Crippen molar-refractivity contribution in [1.82, 2.24) is 34.3 Å². The van der Waals surface area contributed by atoms with Crippen LogP contribution in [0.5, 0.6) is 0 Å². The molecule has 2 aromatic rings. The molecule has 2 fully saturated rings. The number of nitrogens with zero attached hydrogens (tertiary/aromatic N) is 7. The number of aromatic nitrogens is 4. The zero-order valence-electron chi connectivity index (χ0n) is 19.0. The Morgan fingerprint density at radius 1 is 1.00 bits per heavy atom. The maximum absolute atomic E-state index is 12.7. The van der Waals surface area contributed by atoms with Crippen LogP contribution in [0.4, 0.5) is 0 Å². The number of hydrogen-bond acceptors (Lipinski definition) is 6. The third kappa shape index (κ3) is 4.57. The molecule has 1 unspecified atom stereocenters. The predicted octanol–water partition coefficient (Wildman–Crippen LogP) is 0.673. The number of piperazine rings is 1.